The van der Waals surface area contributed by atoms with Crippen molar-refractivity contribution in [3.8, 4) is 5.75 Å². The molecule has 0 amide bonds. The maximum atomic E-state index is 14.0. The molecule has 1 N–H and O–H groups in total. The molecule has 0 saturated carbocycles. The van der Waals surface area contributed by atoms with Crippen molar-refractivity contribution in [1.29, 1.82) is 0 Å². The average molecular weight is 322 g/mol. The van der Waals surface area contributed by atoms with E-state index in [1.165, 1.54) is 6.07 Å². The number of anilines is 1. The largest absolute Gasteiger partial charge is 0.485 e. The quantitative estimate of drug-likeness (QED) is 0.917. The van der Waals surface area contributed by atoms with Crippen LogP contribution in [0.1, 0.15) is 11.1 Å². The Morgan fingerprint density at radius 2 is 2.05 bits per heavy atom. The molecule has 0 bridgehead atoms. The first-order valence-corrected chi connectivity index (χ1v) is 6.96. The number of hydrogen-bond donors (Lipinski definition) is 1. The molecule has 0 atom stereocenters. The normalized spacial score (nSPS) is 12.9. The highest BCUT2D eigenvalue weighted by atomic mass is 79.9. The van der Waals surface area contributed by atoms with Crippen molar-refractivity contribution < 1.29 is 9.13 Å². The van der Waals surface area contributed by atoms with E-state index in [4.69, 9.17) is 4.74 Å². The van der Waals surface area contributed by atoms with Crippen LogP contribution in [0.5, 0.6) is 5.75 Å². The van der Waals surface area contributed by atoms with Crippen molar-refractivity contribution >= 4 is 21.6 Å². The minimum Gasteiger partial charge on any atom is -0.485 e. The van der Waals surface area contributed by atoms with Gasteiger partial charge in [-0.3, -0.25) is 0 Å². The third-order valence-corrected chi connectivity index (χ3v) is 3.81. The van der Waals surface area contributed by atoms with Crippen molar-refractivity contribution in [3.63, 3.8) is 0 Å². The fourth-order valence-electron chi connectivity index (χ4n) is 2.28. The Hall–Kier alpha value is -1.55. The molecule has 2 aromatic carbocycles. The highest BCUT2D eigenvalue weighted by molar-refractivity contribution is 9.10. The topological polar surface area (TPSA) is 21.3 Å². The predicted octanol–water partition coefficient (Wildman–Crippen LogP) is 4.14. The van der Waals surface area contributed by atoms with Gasteiger partial charge in [0.1, 0.15) is 6.61 Å². The Morgan fingerprint density at radius 3 is 2.84 bits per heavy atom. The van der Waals surface area contributed by atoms with Gasteiger partial charge in [0.05, 0.1) is 5.69 Å². The zero-order valence-corrected chi connectivity index (χ0v) is 11.8. The summed E-state index contributed by atoms with van der Waals surface area (Å²) in [6, 6.07) is 11.2. The maximum Gasteiger partial charge on any atom is 0.166 e. The second-order valence-electron chi connectivity index (χ2n) is 4.47. The fraction of sp³-hybridized carbons (Fsp3) is 0.200. The van der Waals surface area contributed by atoms with E-state index in [9.17, 15) is 4.39 Å². The first kappa shape index (κ1) is 12.5. The first-order chi connectivity index (χ1) is 9.25. The van der Waals surface area contributed by atoms with Crippen molar-refractivity contribution in [2.24, 2.45) is 0 Å². The first-order valence-electron chi connectivity index (χ1n) is 6.17. The van der Waals surface area contributed by atoms with Crippen LogP contribution in [0, 0.1) is 5.82 Å². The molecule has 1 heterocycles. The zero-order valence-electron chi connectivity index (χ0n) is 10.2. The van der Waals surface area contributed by atoms with Gasteiger partial charge in [0.2, 0.25) is 0 Å². The van der Waals surface area contributed by atoms with Gasteiger partial charge in [0.25, 0.3) is 0 Å². The smallest absolute Gasteiger partial charge is 0.166 e. The lowest BCUT2D eigenvalue weighted by atomic mass is 10.1. The summed E-state index contributed by atoms with van der Waals surface area (Å²) >= 11 is 3.37. The van der Waals surface area contributed by atoms with Crippen LogP contribution in [0.15, 0.2) is 40.9 Å². The van der Waals surface area contributed by atoms with Crippen molar-refractivity contribution in [3.05, 3.63) is 57.8 Å². The van der Waals surface area contributed by atoms with E-state index in [0.29, 0.717) is 12.4 Å². The SMILES string of the molecule is Fc1cc(Br)c2c(c1OCc1ccccc1)CCN2. The summed E-state index contributed by atoms with van der Waals surface area (Å²) in [4.78, 5) is 0. The fourth-order valence-corrected chi connectivity index (χ4v) is 2.86. The lowest BCUT2D eigenvalue weighted by Crippen LogP contribution is -2.00. The summed E-state index contributed by atoms with van der Waals surface area (Å²) in [5.41, 5.74) is 2.90. The van der Waals surface area contributed by atoms with Gasteiger partial charge >= 0.3 is 0 Å². The number of benzene rings is 2. The Morgan fingerprint density at radius 1 is 1.26 bits per heavy atom. The van der Waals surface area contributed by atoms with Crippen LogP contribution in [0.2, 0.25) is 0 Å². The molecular weight excluding hydrogens is 309 g/mol. The third kappa shape index (κ3) is 2.45. The van der Waals surface area contributed by atoms with E-state index >= 15 is 0 Å². The third-order valence-electron chi connectivity index (χ3n) is 3.19. The standard InChI is InChI=1S/C15H13BrFNO/c16-12-8-13(17)15(11-6-7-18-14(11)12)19-9-10-4-2-1-3-5-10/h1-5,8,18H,6-7,9H2. The number of fused-ring (bicyclic) bond motifs is 1. The van der Waals surface area contributed by atoms with Crippen molar-refractivity contribution in [2.75, 3.05) is 11.9 Å². The Kier molecular flexibility index (Phi) is 3.42. The molecule has 1 aliphatic rings. The van der Waals surface area contributed by atoms with Gasteiger partial charge in [-0.05, 0) is 34.0 Å². The van der Waals surface area contributed by atoms with Crippen LogP contribution in [-0.2, 0) is 13.0 Å². The molecule has 2 nitrogen and oxygen atoms in total. The summed E-state index contributed by atoms with van der Waals surface area (Å²) in [6.07, 6.45) is 0.788. The van der Waals surface area contributed by atoms with Crippen LogP contribution in [0.4, 0.5) is 10.1 Å². The van der Waals surface area contributed by atoms with Crippen LogP contribution >= 0.6 is 15.9 Å². The van der Waals surface area contributed by atoms with Crippen molar-refractivity contribution in [1.82, 2.24) is 0 Å². The zero-order chi connectivity index (χ0) is 13.2. The summed E-state index contributed by atoms with van der Waals surface area (Å²) < 4.78 is 20.5. The number of rotatable bonds is 3. The molecule has 0 radical (unpaired) electrons. The summed E-state index contributed by atoms with van der Waals surface area (Å²) in [7, 11) is 0. The molecular formula is C15H13BrFNO. The molecule has 0 spiro atoms. The molecule has 4 heteroatoms. The van der Waals surface area contributed by atoms with E-state index in [1.807, 2.05) is 30.3 Å². The monoisotopic (exact) mass is 321 g/mol. The van der Waals surface area contributed by atoms with E-state index in [2.05, 4.69) is 21.2 Å². The lowest BCUT2D eigenvalue weighted by molar-refractivity contribution is 0.287. The van der Waals surface area contributed by atoms with E-state index in [0.717, 1.165) is 34.3 Å². The summed E-state index contributed by atoms with van der Waals surface area (Å²) in [6.45, 7) is 1.20. The molecule has 1 aliphatic heterocycles. The molecule has 2 aromatic rings. The molecule has 98 valence electrons. The van der Waals surface area contributed by atoms with E-state index in [-0.39, 0.29) is 5.82 Å². The Balaban J connectivity index is 1.87. The Labute approximate surface area is 119 Å². The minimum atomic E-state index is -0.315. The van der Waals surface area contributed by atoms with E-state index in [1.54, 1.807) is 0 Å². The highest BCUT2D eigenvalue weighted by Crippen LogP contribution is 2.39. The van der Waals surface area contributed by atoms with Crippen LogP contribution in [0.3, 0.4) is 0 Å². The Bertz CT molecular complexity index is 601. The number of hydrogen-bond acceptors (Lipinski definition) is 2. The van der Waals surface area contributed by atoms with Gasteiger partial charge in [-0.15, -0.1) is 0 Å². The predicted molar refractivity (Wildman–Crippen MR) is 77.1 cm³/mol. The molecule has 19 heavy (non-hydrogen) atoms. The second kappa shape index (κ2) is 5.21. The molecule has 0 aromatic heterocycles. The average Bonchev–Trinajstić information content (AvgIpc) is 2.89. The highest BCUT2D eigenvalue weighted by Gasteiger charge is 2.22. The minimum absolute atomic E-state index is 0.315. The number of halogens is 2. The molecule has 3 rings (SSSR count). The van der Waals surface area contributed by atoms with Crippen LogP contribution in [-0.4, -0.2) is 6.54 Å². The van der Waals surface area contributed by atoms with Crippen molar-refractivity contribution in [2.45, 2.75) is 13.0 Å². The maximum absolute atomic E-state index is 14.0. The molecule has 0 saturated heterocycles. The van der Waals surface area contributed by atoms with Crippen LogP contribution < -0.4 is 10.1 Å². The van der Waals surface area contributed by atoms with Gasteiger partial charge in [-0.25, -0.2) is 4.39 Å². The number of ether oxygens (including phenoxy) is 1. The summed E-state index contributed by atoms with van der Waals surface area (Å²) in [5.74, 6) is 0.0531. The molecule has 0 unspecified atom stereocenters. The van der Waals surface area contributed by atoms with Gasteiger partial charge in [0.15, 0.2) is 11.6 Å². The molecule has 0 fully saturated rings. The lowest BCUT2D eigenvalue weighted by Gasteiger charge is -2.13. The molecule has 0 aliphatic carbocycles. The second-order valence-corrected chi connectivity index (χ2v) is 5.33. The van der Waals surface area contributed by atoms with E-state index < -0.39 is 0 Å². The van der Waals surface area contributed by atoms with Gasteiger partial charge < -0.3 is 10.1 Å². The van der Waals surface area contributed by atoms with Gasteiger partial charge in [0, 0.05) is 16.6 Å². The van der Waals surface area contributed by atoms with Crippen LogP contribution in [0.25, 0.3) is 0 Å². The van der Waals surface area contributed by atoms with Gasteiger partial charge in [-0.1, -0.05) is 30.3 Å². The number of nitrogens with one attached hydrogen (secondary N) is 1. The summed E-state index contributed by atoms with van der Waals surface area (Å²) in [5, 5.41) is 3.24. The van der Waals surface area contributed by atoms with Gasteiger partial charge in [-0.2, -0.15) is 0 Å².